The van der Waals surface area contributed by atoms with E-state index in [1.807, 2.05) is 48.5 Å². The maximum absolute atomic E-state index is 11.6. The summed E-state index contributed by atoms with van der Waals surface area (Å²) in [5.41, 5.74) is 3.82. The van der Waals surface area contributed by atoms with E-state index in [2.05, 4.69) is 22.6 Å². The van der Waals surface area contributed by atoms with E-state index < -0.39 is 0 Å². The van der Waals surface area contributed by atoms with Gasteiger partial charge in [-0.1, -0.05) is 41.9 Å². The fourth-order valence-corrected chi connectivity index (χ4v) is 3.82. The third-order valence-electron chi connectivity index (χ3n) is 3.98. The zero-order valence-electron chi connectivity index (χ0n) is 14.7. The molecule has 1 aromatic heterocycles. The van der Waals surface area contributed by atoms with Crippen LogP contribution in [0.5, 0.6) is 0 Å². The van der Waals surface area contributed by atoms with Gasteiger partial charge in [0, 0.05) is 36.6 Å². The first-order chi connectivity index (χ1) is 12.6. The van der Waals surface area contributed by atoms with Crippen LogP contribution in [-0.2, 0) is 13.1 Å². The minimum absolute atomic E-state index is 0.0699. The van der Waals surface area contributed by atoms with Crippen LogP contribution in [0, 0.1) is 0 Å². The second-order valence-electron chi connectivity index (χ2n) is 6.07. The molecule has 1 amide bonds. The molecule has 0 saturated heterocycles. The predicted octanol–water partition coefficient (Wildman–Crippen LogP) is 4.46. The Morgan fingerprint density at radius 1 is 1.15 bits per heavy atom. The van der Waals surface area contributed by atoms with E-state index in [4.69, 9.17) is 16.6 Å². The summed E-state index contributed by atoms with van der Waals surface area (Å²) < 4.78 is 0. The van der Waals surface area contributed by atoms with Crippen molar-refractivity contribution < 1.29 is 4.79 Å². The standard InChI is InChI=1S/C20H20ClN3OS/c1-22-19(25)15-9-7-14(8-10-15)11-24(2)12-16-13-26-20(23-16)17-5-3-4-6-18(17)21/h3-10,13H,11-12H2,1-2H3,(H,22,25). The van der Waals surface area contributed by atoms with Crippen LogP contribution in [-0.4, -0.2) is 29.9 Å². The Kier molecular flexibility index (Phi) is 6.04. The normalized spacial score (nSPS) is 10.9. The predicted molar refractivity (Wildman–Crippen MR) is 108 cm³/mol. The monoisotopic (exact) mass is 385 g/mol. The van der Waals surface area contributed by atoms with Gasteiger partial charge < -0.3 is 5.32 Å². The lowest BCUT2D eigenvalue weighted by atomic mass is 10.1. The number of carbonyl (C=O) groups is 1. The fourth-order valence-electron chi connectivity index (χ4n) is 2.69. The Morgan fingerprint density at radius 3 is 2.58 bits per heavy atom. The van der Waals surface area contributed by atoms with E-state index in [1.165, 1.54) is 0 Å². The van der Waals surface area contributed by atoms with Crippen molar-refractivity contribution in [1.29, 1.82) is 0 Å². The molecule has 0 aliphatic rings. The summed E-state index contributed by atoms with van der Waals surface area (Å²) in [6, 6.07) is 15.4. The zero-order valence-corrected chi connectivity index (χ0v) is 16.3. The van der Waals surface area contributed by atoms with Crippen LogP contribution in [0.1, 0.15) is 21.6 Å². The molecule has 0 aliphatic heterocycles. The van der Waals surface area contributed by atoms with E-state index in [9.17, 15) is 4.79 Å². The van der Waals surface area contributed by atoms with Crippen LogP contribution in [0.25, 0.3) is 10.6 Å². The Hall–Kier alpha value is -2.21. The Balaban J connectivity index is 1.63. The summed E-state index contributed by atoms with van der Waals surface area (Å²) in [5, 5.41) is 6.36. The number of hydrogen-bond donors (Lipinski definition) is 1. The second-order valence-corrected chi connectivity index (χ2v) is 7.34. The van der Waals surface area contributed by atoms with Crippen molar-refractivity contribution in [2.24, 2.45) is 0 Å². The highest BCUT2D eigenvalue weighted by molar-refractivity contribution is 7.13. The topological polar surface area (TPSA) is 45.2 Å². The van der Waals surface area contributed by atoms with Crippen molar-refractivity contribution in [3.63, 3.8) is 0 Å². The van der Waals surface area contributed by atoms with E-state index in [-0.39, 0.29) is 5.91 Å². The molecule has 134 valence electrons. The van der Waals surface area contributed by atoms with Gasteiger partial charge in [0.25, 0.3) is 5.91 Å². The van der Waals surface area contributed by atoms with Crippen molar-refractivity contribution in [3.8, 4) is 10.6 Å². The molecule has 0 aliphatic carbocycles. The molecule has 3 aromatic rings. The summed E-state index contributed by atoms with van der Waals surface area (Å²) in [6.07, 6.45) is 0. The second kappa shape index (κ2) is 8.45. The SMILES string of the molecule is CNC(=O)c1ccc(CN(C)Cc2csc(-c3ccccc3Cl)n2)cc1. The first-order valence-electron chi connectivity index (χ1n) is 8.25. The highest BCUT2D eigenvalue weighted by atomic mass is 35.5. The Labute approximate surface area is 162 Å². The third kappa shape index (κ3) is 4.49. The van der Waals surface area contributed by atoms with Gasteiger partial charge in [-0.15, -0.1) is 11.3 Å². The molecule has 1 N–H and O–H groups in total. The number of rotatable bonds is 6. The average Bonchev–Trinajstić information content (AvgIpc) is 3.10. The Bertz CT molecular complexity index is 892. The number of amides is 1. The smallest absolute Gasteiger partial charge is 0.251 e. The van der Waals surface area contributed by atoms with Gasteiger partial charge in [-0.2, -0.15) is 0 Å². The maximum Gasteiger partial charge on any atom is 0.251 e. The first kappa shape index (κ1) is 18.6. The number of hydrogen-bond acceptors (Lipinski definition) is 4. The van der Waals surface area contributed by atoms with E-state index >= 15 is 0 Å². The average molecular weight is 386 g/mol. The van der Waals surface area contributed by atoms with Crippen LogP contribution < -0.4 is 5.32 Å². The molecule has 0 bridgehead atoms. The van der Waals surface area contributed by atoms with Crippen LogP contribution in [0.15, 0.2) is 53.9 Å². The lowest BCUT2D eigenvalue weighted by Gasteiger charge is -2.15. The lowest BCUT2D eigenvalue weighted by molar-refractivity contribution is 0.0963. The molecule has 0 spiro atoms. The van der Waals surface area contributed by atoms with Crippen LogP contribution in [0.2, 0.25) is 5.02 Å². The van der Waals surface area contributed by atoms with E-state index in [0.717, 1.165) is 39.9 Å². The van der Waals surface area contributed by atoms with Gasteiger partial charge in [-0.05, 0) is 30.8 Å². The van der Waals surface area contributed by atoms with Gasteiger partial charge in [0.15, 0.2) is 0 Å². The van der Waals surface area contributed by atoms with Crippen molar-refractivity contribution in [2.45, 2.75) is 13.1 Å². The van der Waals surface area contributed by atoms with Crippen molar-refractivity contribution in [1.82, 2.24) is 15.2 Å². The highest BCUT2D eigenvalue weighted by Crippen LogP contribution is 2.30. The Morgan fingerprint density at radius 2 is 1.88 bits per heavy atom. The molecule has 0 fully saturated rings. The molecule has 6 heteroatoms. The fraction of sp³-hybridized carbons (Fsp3) is 0.200. The number of nitrogens with zero attached hydrogens (tertiary/aromatic N) is 2. The summed E-state index contributed by atoms with van der Waals surface area (Å²) in [7, 11) is 3.69. The van der Waals surface area contributed by atoms with Gasteiger partial charge >= 0.3 is 0 Å². The maximum atomic E-state index is 11.6. The minimum Gasteiger partial charge on any atom is -0.355 e. The zero-order chi connectivity index (χ0) is 18.5. The quantitative estimate of drug-likeness (QED) is 0.681. The van der Waals surface area contributed by atoms with Crippen molar-refractivity contribution >= 4 is 28.8 Å². The van der Waals surface area contributed by atoms with E-state index in [1.54, 1.807) is 18.4 Å². The number of halogens is 1. The van der Waals surface area contributed by atoms with Crippen molar-refractivity contribution in [2.75, 3.05) is 14.1 Å². The molecular formula is C20H20ClN3OS. The molecular weight excluding hydrogens is 366 g/mol. The third-order valence-corrected chi connectivity index (χ3v) is 5.24. The largest absolute Gasteiger partial charge is 0.355 e. The van der Waals surface area contributed by atoms with Gasteiger partial charge in [-0.3, -0.25) is 9.69 Å². The number of aromatic nitrogens is 1. The van der Waals surface area contributed by atoms with Gasteiger partial charge in [0.2, 0.25) is 0 Å². The lowest BCUT2D eigenvalue weighted by Crippen LogP contribution is -2.19. The summed E-state index contributed by atoms with van der Waals surface area (Å²) in [4.78, 5) is 18.5. The van der Waals surface area contributed by atoms with Crippen LogP contribution in [0.4, 0.5) is 0 Å². The van der Waals surface area contributed by atoms with Crippen molar-refractivity contribution in [3.05, 3.63) is 75.8 Å². The van der Waals surface area contributed by atoms with Gasteiger partial charge in [0.05, 0.1) is 10.7 Å². The molecule has 0 radical (unpaired) electrons. The van der Waals surface area contributed by atoms with Gasteiger partial charge in [-0.25, -0.2) is 4.98 Å². The molecule has 0 unspecified atom stereocenters. The summed E-state index contributed by atoms with van der Waals surface area (Å²) in [6.45, 7) is 1.53. The number of nitrogens with one attached hydrogen (secondary N) is 1. The first-order valence-corrected chi connectivity index (χ1v) is 9.51. The summed E-state index contributed by atoms with van der Waals surface area (Å²) >= 11 is 7.86. The molecule has 0 saturated carbocycles. The van der Waals surface area contributed by atoms with E-state index in [0.29, 0.717) is 5.56 Å². The molecule has 26 heavy (non-hydrogen) atoms. The molecule has 0 atom stereocenters. The summed E-state index contributed by atoms with van der Waals surface area (Å²) in [5.74, 6) is -0.0699. The van der Waals surface area contributed by atoms with Crippen LogP contribution in [0.3, 0.4) is 0 Å². The highest BCUT2D eigenvalue weighted by Gasteiger charge is 2.10. The molecule has 4 nitrogen and oxygen atoms in total. The van der Waals surface area contributed by atoms with Gasteiger partial charge in [0.1, 0.15) is 5.01 Å². The molecule has 2 aromatic carbocycles. The number of thiazole rings is 1. The number of benzene rings is 2. The minimum atomic E-state index is -0.0699. The number of carbonyl (C=O) groups excluding carboxylic acids is 1. The molecule has 3 rings (SSSR count). The molecule has 1 heterocycles. The van der Waals surface area contributed by atoms with Crippen LogP contribution >= 0.6 is 22.9 Å².